The van der Waals surface area contributed by atoms with E-state index in [0.717, 1.165) is 16.7 Å². The van der Waals surface area contributed by atoms with Crippen LogP contribution in [0.3, 0.4) is 0 Å². The van der Waals surface area contributed by atoms with Crippen molar-refractivity contribution in [2.75, 3.05) is 5.33 Å². The van der Waals surface area contributed by atoms with Crippen LogP contribution in [0.2, 0.25) is 0 Å². The first-order chi connectivity index (χ1) is 7.88. The number of amides is 1. The van der Waals surface area contributed by atoms with Crippen molar-refractivity contribution in [3.63, 3.8) is 0 Å². The maximum atomic E-state index is 12.1. The Morgan fingerprint density at radius 3 is 2.29 bits per heavy atom. The Bertz CT molecular complexity index is 412. The lowest BCUT2D eigenvalue weighted by Gasteiger charge is -2.19. The Kier molecular flexibility index (Phi) is 4.80. The van der Waals surface area contributed by atoms with Gasteiger partial charge in [-0.15, -0.1) is 0 Å². The van der Waals surface area contributed by atoms with Gasteiger partial charge in [0.15, 0.2) is 0 Å². The number of carbonyl (C=O) groups is 1. The smallest absolute Gasteiger partial charge is 0.255 e. The van der Waals surface area contributed by atoms with Gasteiger partial charge in [0.2, 0.25) is 0 Å². The van der Waals surface area contributed by atoms with Gasteiger partial charge in [-0.1, -0.05) is 22.9 Å². The molecule has 1 heterocycles. The van der Waals surface area contributed by atoms with Crippen LogP contribution in [0.5, 0.6) is 0 Å². The average Bonchev–Trinajstić information content (AvgIpc) is 2.51. The van der Waals surface area contributed by atoms with Gasteiger partial charge in [0.1, 0.15) is 11.5 Å². The number of alkyl halides is 1. The molecule has 17 heavy (non-hydrogen) atoms. The summed E-state index contributed by atoms with van der Waals surface area (Å²) in [4.78, 5) is 12.1. The second-order valence-corrected chi connectivity index (χ2v) is 5.26. The zero-order valence-electron chi connectivity index (χ0n) is 11.1. The van der Waals surface area contributed by atoms with Crippen LogP contribution in [0.4, 0.5) is 0 Å². The van der Waals surface area contributed by atoms with Crippen molar-refractivity contribution in [1.29, 1.82) is 0 Å². The van der Waals surface area contributed by atoms with Crippen molar-refractivity contribution in [2.24, 2.45) is 5.92 Å². The first-order valence-corrected chi connectivity index (χ1v) is 6.94. The highest BCUT2D eigenvalue weighted by Crippen LogP contribution is 2.21. The van der Waals surface area contributed by atoms with Crippen molar-refractivity contribution < 1.29 is 9.21 Å². The maximum Gasteiger partial charge on any atom is 0.255 e. The molecule has 2 atom stereocenters. The third kappa shape index (κ3) is 3.12. The van der Waals surface area contributed by atoms with Gasteiger partial charge < -0.3 is 9.73 Å². The van der Waals surface area contributed by atoms with Gasteiger partial charge >= 0.3 is 0 Å². The SMILES string of the molecule is Cc1oc(C)c(C(=O)NC(C)C(C)CBr)c1C. The van der Waals surface area contributed by atoms with E-state index in [1.807, 2.05) is 27.7 Å². The highest BCUT2D eigenvalue weighted by molar-refractivity contribution is 9.09. The molecule has 0 aromatic carbocycles. The van der Waals surface area contributed by atoms with Gasteiger partial charge in [-0.25, -0.2) is 0 Å². The van der Waals surface area contributed by atoms with Crippen LogP contribution in [0, 0.1) is 26.7 Å². The normalized spacial score (nSPS) is 14.5. The molecule has 0 aliphatic rings. The molecule has 0 aliphatic heterocycles. The molecule has 0 saturated carbocycles. The Hall–Kier alpha value is -0.770. The molecule has 0 saturated heterocycles. The van der Waals surface area contributed by atoms with Crippen molar-refractivity contribution >= 4 is 21.8 Å². The second kappa shape index (κ2) is 5.71. The number of halogens is 1. The largest absolute Gasteiger partial charge is 0.466 e. The summed E-state index contributed by atoms with van der Waals surface area (Å²) in [5.41, 5.74) is 1.61. The maximum absolute atomic E-state index is 12.1. The van der Waals surface area contributed by atoms with E-state index >= 15 is 0 Å². The summed E-state index contributed by atoms with van der Waals surface area (Å²) in [6.45, 7) is 9.73. The van der Waals surface area contributed by atoms with E-state index in [1.165, 1.54) is 0 Å². The minimum atomic E-state index is -0.0443. The van der Waals surface area contributed by atoms with E-state index in [2.05, 4.69) is 28.2 Å². The summed E-state index contributed by atoms with van der Waals surface area (Å²) in [6.07, 6.45) is 0. The van der Waals surface area contributed by atoms with Crippen LogP contribution in [0.15, 0.2) is 4.42 Å². The van der Waals surface area contributed by atoms with Gasteiger partial charge in [-0.05, 0) is 33.6 Å². The molecular weight excluding hydrogens is 282 g/mol. The van der Waals surface area contributed by atoms with Crippen LogP contribution in [-0.2, 0) is 0 Å². The average molecular weight is 302 g/mol. The fourth-order valence-electron chi connectivity index (χ4n) is 1.68. The lowest BCUT2D eigenvalue weighted by atomic mass is 10.0. The first kappa shape index (κ1) is 14.3. The molecule has 0 radical (unpaired) electrons. The van der Waals surface area contributed by atoms with Crippen LogP contribution in [0.1, 0.15) is 41.3 Å². The van der Waals surface area contributed by atoms with Gasteiger partial charge in [0.25, 0.3) is 5.91 Å². The Morgan fingerprint density at radius 2 is 1.88 bits per heavy atom. The number of furan rings is 1. The van der Waals surface area contributed by atoms with E-state index in [0.29, 0.717) is 17.2 Å². The molecule has 1 rings (SSSR count). The monoisotopic (exact) mass is 301 g/mol. The molecule has 0 spiro atoms. The highest BCUT2D eigenvalue weighted by Gasteiger charge is 2.21. The number of aryl methyl sites for hydroxylation is 2. The number of hydrogen-bond acceptors (Lipinski definition) is 2. The van der Waals surface area contributed by atoms with Crippen LogP contribution < -0.4 is 5.32 Å². The molecule has 3 nitrogen and oxygen atoms in total. The third-order valence-electron chi connectivity index (χ3n) is 3.24. The predicted octanol–water partition coefficient (Wildman–Crippen LogP) is 3.35. The minimum Gasteiger partial charge on any atom is -0.466 e. The van der Waals surface area contributed by atoms with Crippen molar-refractivity contribution in [2.45, 2.75) is 40.7 Å². The summed E-state index contributed by atoms with van der Waals surface area (Å²) >= 11 is 3.42. The van der Waals surface area contributed by atoms with Crippen LogP contribution >= 0.6 is 15.9 Å². The van der Waals surface area contributed by atoms with Crippen LogP contribution in [-0.4, -0.2) is 17.3 Å². The van der Waals surface area contributed by atoms with Crippen molar-refractivity contribution in [3.05, 3.63) is 22.6 Å². The Labute approximate surface area is 111 Å². The molecular formula is C13H20BrNO2. The van der Waals surface area contributed by atoms with E-state index in [-0.39, 0.29) is 11.9 Å². The lowest BCUT2D eigenvalue weighted by Crippen LogP contribution is -2.38. The van der Waals surface area contributed by atoms with E-state index in [1.54, 1.807) is 0 Å². The zero-order valence-corrected chi connectivity index (χ0v) is 12.6. The van der Waals surface area contributed by atoms with Gasteiger partial charge in [-0.3, -0.25) is 4.79 Å². The zero-order chi connectivity index (χ0) is 13.2. The topological polar surface area (TPSA) is 42.2 Å². The molecule has 1 aromatic rings. The predicted molar refractivity (Wildman–Crippen MR) is 72.8 cm³/mol. The standard InChI is InChI=1S/C13H20BrNO2/c1-7(6-14)9(3)15-13(16)12-8(2)10(4)17-11(12)5/h7,9H,6H2,1-5H3,(H,15,16). The number of hydrogen-bond donors (Lipinski definition) is 1. The second-order valence-electron chi connectivity index (χ2n) is 4.61. The molecule has 0 fully saturated rings. The van der Waals surface area contributed by atoms with Gasteiger partial charge in [-0.2, -0.15) is 0 Å². The first-order valence-electron chi connectivity index (χ1n) is 5.81. The molecule has 1 N–H and O–H groups in total. The number of nitrogens with one attached hydrogen (secondary N) is 1. The molecule has 0 aliphatic carbocycles. The lowest BCUT2D eigenvalue weighted by molar-refractivity contribution is 0.0929. The molecule has 0 bridgehead atoms. The Balaban J connectivity index is 2.83. The molecule has 2 unspecified atom stereocenters. The molecule has 4 heteroatoms. The summed E-state index contributed by atoms with van der Waals surface area (Å²) in [5.74, 6) is 1.86. The van der Waals surface area contributed by atoms with Crippen molar-refractivity contribution in [1.82, 2.24) is 5.32 Å². The number of carbonyl (C=O) groups excluding carboxylic acids is 1. The minimum absolute atomic E-state index is 0.0443. The number of rotatable bonds is 4. The fourth-order valence-corrected chi connectivity index (χ4v) is 2.24. The highest BCUT2D eigenvalue weighted by atomic mass is 79.9. The summed E-state index contributed by atoms with van der Waals surface area (Å²) in [5, 5.41) is 3.88. The fraction of sp³-hybridized carbons (Fsp3) is 0.615. The molecule has 96 valence electrons. The van der Waals surface area contributed by atoms with E-state index < -0.39 is 0 Å². The third-order valence-corrected chi connectivity index (χ3v) is 4.27. The molecule has 1 aromatic heterocycles. The summed E-state index contributed by atoms with van der Waals surface area (Å²) in [6, 6.07) is 0.135. The van der Waals surface area contributed by atoms with Gasteiger partial charge in [0, 0.05) is 16.9 Å². The van der Waals surface area contributed by atoms with Gasteiger partial charge in [0.05, 0.1) is 5.56 Å². The summed E-state index contributed by atoms with van der Waals surface area (Å²) in [7, 11) is 0. The summed E-state index contributed by atoms with van der Waals surface area (Å²) < 4.78 is 5.46. The molecule has 1 amide bonds. The quantitative estimate of drug-likeness (QED) is 0.867. The van der Waals surface area contributed by atoms with Crippen LogP contribution in [0.25, 0.3) is 0 Å². The van der Waals surface area contributed by atoms with Crippen molar-refractivity contribution in [3.8, 4) is 0 Å². The van der Waals surface area contributed by atoms with E-state index in [4.69, 9.17) is 4.42 Å². The van der Waals surface area contributed by atoms with E-state index in [9.17, 15) is 4.79 Å². The Morgan fingerprint density at radius 1 is 1.29 bits per heavy atom.